The van der Waals surface area contributed by atoms with Crippen molar-refractivity contribution in [3.8, 4) is 0 Å². The zero-order valence-corrected chi connectivity index (χ0v) is 13.0. The zero-order chi connectivity index (χ0) is 12.7. The monoisotopic (exact) mass is 322 g/mol. The minimum Gasteiger partial charge on any atom is -0.305 e. The lowest BCUT2D eigenvalue weighted by Gasteiger charge is -2.16. The van der Waals surface area contributed by atoms with Crippen LogP contribution in [-0.2, 0) is 13.6 Å². The SMILES string of the molecule is CCOP(=O)(OCC)C(Br)=C=C1CCCCC1. The van der Waals surface area contributed by atoms with E-state index in [1.54, 1.807) is 13.8 Å². The van der Waals surface area contributed by atoms with Crippen molar-refractivity contribution in [1.29, 1.82) is 0 Å². The molecule has 1 saturated carbocycles. The van der Waals surface area contributed by atoms with Crippen molar-refractivity contribution < 1.29 is 13.6 Å². The van der Waals surface area contributed by atoms with Gasteiger partial charge in [-0.1, -0.05) is 12.2 Å². The molecule has 5 heteroatoms. The van der Waals surface area contributed by atoms with E-state index in [0.29, 0.717) is 17.4 Å². The van der Waals surface area contributed by atoms with Crippen molar-refractivity contribution in [3.05, 3.63) is 15.5 Å². The lowest BCUT2D eigenvalue weighted by Crippen LogP contribution is -1.96. The van der Waals surface area contributed by atoms with E-state index < -0.39 is 7.60 Å². The van der Waals surface area contributed by atoms with Crippen molar-refractivity contribution in [2.24, 2.45) is 0 Å². The van der Waals surface area contributed by atoms with E-state index in [-0.39, 0.29) is 0 Å². The first-order valence-electron chi connectivity index (χ1n) is 6.16. The first kappa shape index (κ1) is 15.2. The van der Waals surface area contributed by atoms with E-state index in [0.717, 1.165) is 12.8 Å². The van der Waals surface area contributed by atoms with Gasteiger partial charge in [0.25, 0.3) is 0 Å². The van der Waals surface area contributed by atoms with Crippen LogP contribution in [0.15, 0.2) is 15.5 Å². The van der Waals surface area contributed by atoms with Crippen LogP contribution in [0.25, 0.3) is 0 Å². The van der Waals surface area contributed by atoms with Crippen molar-refractivity contribution in [2.45, 2.75) is 46.0 Å². The van der Waals surface area contributed by atoms with E-state index >= 15 is 0 Å². The number of rotatable bonds is 5. The molecular weight excluding hydrogens is 303 g/mol. The van der Waals surface area contributed by atoms with Crippen molar-refractivity contribution in [1.82, 2.24) is 0 Å². The molecule has 0 N–H and O–H groups in total. The minimum atomic E-state index is -3.18. The van der Waals surface area contributed by atoms with Gasteiger partial charge in [-0.25, -0.2) is 0 Å². The molecule has 0 aromatic carbocycles. The Kier molecular flexibility index (Phi) is 6.76. The number of allylic oxidation sites excluding steroid dienone is 1. The number of halogens is 1. The molecule has 0 heterocycles. The predicted octanol–water partition coefficient (Wildman–Crippen LogP) is 4.98. The lowest BCUT2D eigenvalue weighted by atomic mass is 9.96. The maximum absolute atomic E-state index is 12.4. The van der Waals surface area contributed by atoms with Crippen molar-refractivity contribution in [2.75, 3.05) is 13.2 Å². The van der Waals surface area contributed by atoms with Gasteiger partial charge in [0.05, 0.1) is 13.2 Å². The Morgan fingerprint density at radius 1 is 1.24 bits per heavy atom. The van der Waals surface area contributed by atoms with E-state index in [9.17, 15) is 4.57 Å². The molecule has 0 bridgehead atoms. The van der Waals surface area contributed by atoms with Crippen LogP contribution in [0.3, 0.4) is 0 Å². The maximum atomic E-state index is 12.4. The Hall–Kier alpha value is 0.150. The Labute approximate surface area is 112 Å². The van der Waals surface area contributed by atoms with Gasteiger partial charge in [0.1, 0.15) is 4.22 Å². The van der Waals surface area contributed by atoms with Crippen LogP contribution in [-0.4, -0.2) is 13.2 Å². The molecule has 0 saturated heterocycles. The summed E-state index contributed by atoms with van der Waals surface area (Å²) < 4.78 is 23.3. The topological polar surface area (TPSA) is 35.5 Å². The van der Waals surface area contributed by atoms with Gasteiger partial charge in [-0.05, 0) is 61.0 Å². The Morgan fingerprint density at radius 2 is 1.76 bits per heavy atom. The molecule has 0 amide bonds. The fourth-order valence-corrected chi connectivity index (χ4v) is 3.98. The number of hydrogen-bond donors (Lipinski definition) is 0. The number of hydrogen-bond acceptors (Lipinski definition) is 3. The average Bonchev–Trinajstić information content (AvgIpc) is 2.31. The second-order valence-electron chi connectivity index (χ2n) is 3.91. The highest BCUT2D eigenvalue weighted by atomic mass is 79.9. The molecular formula is C12H20BrO3P. The summed E-state index contributed by atoms with van der Waals surface area (Å²) >= 11 is 3.31. The molecule has 0 spiro atoms. The molecule has 98 valence electrons. The predicted molar refractivity (Wildman–Crippen MR) is 73.4 cm³/mol. The quantitative estimate of drug-likeness (QED) is 0.529. The van der Waals surface area contributed by atoms with Crippen LogP contribution in [0.4, 0.5) is 0 Å². The van der Waals surface area contributed by atoms with Gasteiger partial charge in [-0.3, -0.25) is 4.57 Å². The summed E-state index contributed by atoms with van der Waals surface area (Å²) in [4.78, 5) is 0. The minimum absolute atomic E-state index is 0.364. The molecule has 3 nitrogen and oxygen atoms in total. The summed E-state index contributed by atoms with van der Waals surface area (Å²) in [5.74, 6) is 0. The highest BCUT2D eigenvalue weighted by Gasteiger charge is 2.28. The molecule has 1 rings (SSSR count). The summed E-state index contributed by atoms with van der Waals surface area (Å²) in [5, 5.41) is 0. The van der Waals surface area contributed by atoms with E-state index in [1.165, 1.54) is 24.8 Å². The second-order valence-corrected chi connectivity index (χ2v) is 7.28. The standard InChI is InChI=1S/C12H20BrO3P/c1-3-15-17(14,16-4-2)12(13)10-11-8-6-5-7-9-11/h3-9H2,1-2H3. The van der Waals surface area contributed by atoms with Gasteiger partial charge in [-0.2, -0.15) is 0 Å². The maximum Gasteiger partial charge on any atom is 0.375 e. The highest BCUT2D eigenvalue weighted by Crippen LogP contribution is 2.58. The molecule has 1 aliphatic rings. The second kappa shape index (κ2) is 7.56. The summed E-state index contributed by atoms with van der Waals surface area (Å²) in [6.07, 6.45) is 5.73. The molecule has 0 atom stereocenters. The molecule has 1 fully saturated rings. The average molecular weight is 323 g/mol. The Balaban J connectivity index is 2.93. The normalized spacial score (nSPS) is 16.8. The third kappa shape index (κ3) is 4.73. The molecule has 0 radical (unpaired) electrons. The third-order valence-corrected chi connectivity index (χ3v) is 5.87. The van der Waals surface area contributed by atoms with Crippen LogP contribution in [0.1, 0.15) is 46.0 Å². The molecule has 0 aromatic heterocycles. The van der Waals surface area contributed by atoms with Crippen LogP contribution in [0.2, 0.25) is 0 Å². The molecule has 17 heavy (non-hydrogen) atoms. The van der Waals surface area contributed by atoms with Crippen molar-refractivity contribution >= 4 is 23.5 Å². The van der Waals surface area contributed by atoms with Crippen LogP contribution < -0.4 is 0 Å². The van der Waals surface area contributed by atoms with E-state index in [4.69, 9.17) is 9.05 Å². The first-order chi connectivity index (χ1) is 8.12. The van der Waals surface area contributed by atoms with E-state index in [2.05, 4.69) is 21.7 Å². The summed E-state index contributed by atoms with van der Waals surface area (Å²) in [5.41, 5.74) is 4.38. The van der Waals surface area contributed by atoms with Crippen LogP contribution in [0.5, 0.6) is 0 Å². The third-order valence-electron chi connectivity index (χ3n) is 2.58. The summed E-state index contributed by atoms with van der Waals surface area (Å²) in [6, 6.07) is 0. The van der Waals surface area contributed by atoms with Gasteiger partial charge in [0.2, 0.25) is 0 Å². The summed E-state index contributed by atoms with van der Waals surface area (Å²) in [7, 11) is -3.18. The highest BCUT2D eigenvalue weighted by molar-refractivity contribution is 9.13. The molecule has 0 unspecified atom stereocenters. The zero-order valence-electron chi connectivity index (χ0n) is 10.5. The van der Waals surface area contributed by atoms with Crippen molar-refractivity contribution in [3.63, 3.8) is 0 Å². The largest absolute Gasteiger partial charge is 0.375 e. The lowest BCUT2D eigenvalue weighted by molar-refractivity contribution is 0.228. The van der Waals surface area contributed by atoms with Gasteiger partial charge in [-0.15, -0.1) is 0 Å². The van der Waals surface area contributed by atoms with Crippen LogP contribution >= 0.6 is 23.5 Å². The molecule has 0 aliphatic heterocycles. The van der Waals surface area contributed by atoms with Gasteiger partial charge < -0.3 is 9.05 Å². The Bertz CT molecular complexity index is 341. The Morgan fingerprint density at radius 3 is 2.24 bits per heavy atom. The fraction of sp³-hybridized carbons (Fsp3) is 0.750. The van der Waals surface area contributed by atoms with Crippen LogP contribution in [0, 0.1) is 0 Å². The van der Waals surface area contributed by atoms with Gasteiger partial charge in [0, 0.05) is 0 Å². The van der Waals surface area contributed by atoms with E-state index in [1.807, 2.05) is 0 Å². The molecule has 1 aliphatic carbocycles. The van der Waals surface area contributed by atoms with Gasteiger partial charge >= 0.3 is 7.60 Å². The van der Waals surface area contributed by atoms with Gasteiger partial charge in [0.15, 0.2) is 0 Å². The molecule has 0 aromatic rings. The smallest absolute Gasteiger partial charge is 0.305 e. The first-order valence-corrected chi connectivity index (χ1v) is 8.49. The summed E-state index contributed by atoms with van der Waals surface area (Å²) in [6.45, 7) is 4.34. The fourth-order valence-electron chi connectivity index (χ4n) is 1.81.